The van der Waals surface area contributed by atoms with Gasteiger partial charge in [0.1, 0.15) is 11.5 Å². The van der Waals surface area contributed by atoms with Gasteiger partial charge < -0.3 is 5.32 Å². The molecule has 2 aromatic heterocycles. The number of carbonyl (C=O) groups is 1. The van der Waals surface area contributed by atoms with E-state index in [9.17, 15) is 4.79 Å². The summed E-state index contributed by atoms with van der Waals surface area (Å²) in [6.45, 7) is 8.75. The van der Waals surface area contributed by atoms with Gasteiger partial charge in [0.15, 0.2) is 0 Å². The second-order valence-corrected chi connectivity index (χ2v) is 7.56. The molecule has 0 aliphatic carbocycles. The number of anilines is 1. The van der Waals surface area contributed by atoms with E-state index in [2.05, 4.69) is 36.3 Å². The Morgan fingerprint density at radius 3 is 2.42 bits per heavy atom. The fraction of sp³-hybridized carbons (Fsp3) is 0.350. The Labute approximate surface area is 153 Å². The average molecular weight is 351 g/mol. The predicted molar refractivity (Wildman–Crippen MR) is 102 cm³/mol. The minimum absolute atomic E-state index is 0.109. The fourth-order valence-corrected chi connectivity index (χ4v) is 2.75. The first kappa shape index (κ1) is 17.9. The maximum absolute atomic E-state index is 12.8. The van der Waals surface area contributed by atoms with Crippen molar-refractivity contribution >= 4 is 11.7 Å². The highest BCUT2D eigenvalue weighted by molar-refractivity contribution is 6.02. The number of amides is 1. The number of aryl methyl sites for hydroxylation is 2. The van der Waals surface area contributed by atoms with E-state index in [1.807, 2.05) is 54.1 Å². The quantitative estimate of drug-likeness (QED) is 0.782. The van der Waals surface area contributed by atoms with Crippen molar-refractivity contribution in [3.63, 3.8) is 0 Å². The van der Waals surface area contributed by atoms with Crippen molar-refractivity contribution in [3.8, 4) is 0 Å². The monoisotopic (exact) mass is 351 g/mol. The first-order valence-electron chi connectivity index (χ1n) is 8.68. The summed E-state index contributed by atoms with van der Waals surface area (Å²) in [5.74, 6) is 0.486. The molecule has 136 valence electrons. The van der Waals surface area contributed by atoms with Gasteiger partial charge in [-0.3, -0.25) is 9.48 Å². The van der Waals surface area contributed by atoms with Crippen molar-refractivity contribution in [3.05, 3.63) is 65.1 Å². The minimum atomic E-state index is -0.190. The van der Waals surface area contributed by atoms with Crippen molar-refractivity contribution in [1.29, 1.82) is 0 Å². The van der Waals surface area contributed by atoms with E-state index in [1.165, 1.54) is 0 Å². The summed E-state index contributed by atoms with van der Waals surface area (Å²) < 4.78 is 3.43. The van der Waals surface area contributed by atoms with Gasteiger partial charge in [0.2, 0.25) is 0 Å². The molecule has 3 rings (SSSR count). The molecule has 0 aliphatic heterocycles. The van der Waals surface area contributed by atoms with Crippen LogP contribution in [-0.2, 0) is 19.0 Å². The SMILES string of the molecule is Cc1cc(NC(=O)c2cc(C(C)(C)C)nn2C)n(Cc2ccccc2)n1. The summed E-state index contributed by atoms with van der Waals surface area (Å²) in [4.78, 5) is 12.8. The Morgan fingerprint density at radius 1 is 1.12 bits per heavy atom. The maximum Gasteiger partial charge on any atom is 0.275 e. The number of nitrogens with one attached hydrogen (secondary N) is 1. The zero-order valence-electron chi connectivity index (χ0n) is 15.9. The predicted octanol–water partition coefficient (Wildman–Crippen LogP) is 3.52. The number of aromatic nitrogens is 4. The van der Waals surface area contributed by atoms with Gasteiger partial charge in [0.25, 0.3) is 5.91 Å². The number of nitrogens with zero attached hydrogens (tertiary/aromatic N) is 4. The van der Waals surface area contributed by atoms with Crippen LogP contribution in [0.25, 0.3) is 0 Å². The first-order chi connectivity index (χ1) is 12.2. The summed E-state index contributed by atoms with van der Waals surface area (Å²) in [5.41, 5.74) is 3.29. The van der Waals surface area contributed by atoms with Gasteiger partial charge in [-0.15, -0.1) is 0 Å². The van der Waals surface area contributed by atoms with Crippen molar-refractivity contribution in [2.24, 2.45) is 7.05 Å². The van der Waals surface area contributed by atoms with Crippen LogP contribution in [0.4, 0.5) is 5.82 Å². The van der Waals surface area contributed by atoms with Crippen LogP contribution >= 0.6 is 0 Å². The highest BCUT2D eigenvalue weighted by atomic mass is 16.2. The standard InChI is InChI=1S/C20H25N5O/c1-14-11-18(25(22-14)13-15-9-7-6-8-10-15)21-19(26)16-12-17(20(2,3)4)23-24(16)5/h6-12H,13H2,1-5H3,(H,21,26). The number of hydrogen-bond acceptors (Lipinski definition) is 3. The molecule has 0 bridgehead atoms. The Hall–Kier alpha value is -2.89. The van der Waals surface area contributed by atoms with Gasteiger partial charge in [0.05, 0.1) is 17.9 Å². The van der Waals surface area contributed by atoms with E-state index in [1.54, 1.807) is 11.7 Å². The van der Waals surface area contributed by atoms with Gasteiger partial charge in [-0.1, -0.05) is 51.1 Å². The van der Waals surface area contributed by atoms with Crippen LogP contribution < -0.4 is 5.32 Å². The lowest BCUT2D eigenvalue weighted by molar-refractivity contribution is 0.101. The van der Waals surface area contributed by atoms with Crippen molar-refractivity contribution < 1.29 is 4.79 Å². The number of hydrogen-bond donors (Lipinski definition) is 1. The molecule has 0 aliphatic rings. The largest absolute Gasteiger partial charge is 0.305 e. The summed E-state index contributed by atoms with van der Waals surface area (Å²) in [6.07, 6.45) is 0. The van der Waals surface area contributed by atoms with E-state index in [-0.39, 0.29) is 11.3 Å². The van der Waals surface area contributed by atoms with Gasteiger partial charge in [-0.25, -0.2) is 4.68 Å². The van der Waals surface area contributed by atoms with Crippen LogP contribution in [0.3, 0.4) is 0 Å². The Balaban J connectivity index is 1.83. The molecule has 1 aromatic carbocycles. The van der Waals surface area contributed by atoms with E-state index in [0.717, 1.165) is 17.0 Å². The number of rotatable bonds is 4. The van der Waals surface area contributed by atoms with Crippen LogP contribution in [0.2, 0.25) is 0 Å². The minimum Gasteiger partial charge on any atom is -0.305 e. The highest BCUT2D eigenvalue weighted by Crippen LogP contribution is 2.22. The third-order valence-electron chi connectivity index (χ3n) is 4.20. The van der Waals surface area contributed by atoms with Gasteiger partial charge in [0, 0.05) is 18.5 Å². The molecular weight excluding hydrogens is 326 g/mol. The zero-order chi connectivity index (χ0) is 18.9. The van der Waals surface area contributed by atoms with E-state index in [0.29, 0.717) is 18.1 Å². The van der Waals surface area contributed by atoms with Gasteiger partial charge >= 0.3 is 0 Å². The highest BCUT2D eigenvalue weighted by Gasteiger charge is 2.22. The second kappa shape index (κ2) is 6.78. The molecule has 0 atom stereocenters. The zero-order valence-corrected chi connectivity index (χ0v) is 15.9. The van der Waals surface area contributed by atoms with Crippen LogP contribution in [0.5, 0.6) is 0 Å². The normalized spacial score (nSPS) is 11.6. The smallest absolute Gasteiger partial charge is 0.275 e. The Bertz CT molecular complexity index is 916. The Kier molecular flexibility index (Phi) is 4.68. The van der Waals surface area contributed by atoms with Crippen LogP contribution in [0.1, 0.15) is 48.2 Å². The van der Waals surface area contributed by atoms with Crippen LogP contribution in [0, 0.1) is 6.92 Å². The third kappa shape index (κ3) is 3.85. The molecule has 0 unspecified atom stereocenters. The number of benzene rings is 1. The molecule has 26 heavy (non-hydrogen) atoms. The maximum atomic E-state index is 12.8. The summed E-state index contributed by atoms with van der Waals surface area (Å²) in [5, 5.41) is 11.9. The molecule has 3 aromatic rings. The first-order valence-corrected chi connectivity index (χ1v) is 8.68. The van der Waals surface area contributed by atoms with Gasteiger partial charge in [-0.05, 0) is 18.6 Å². The lowest BCUT2D eigenvalue weighted by Gasteiger charge is -2.13. The Morgan fingerprint density at radius 2 is 1.81 bits per heavy atom. The van der Waals surface area contributed by atoms with E-state index < -0.39 is 0 Å². The molecule has 0 fully saturated rings. The topological polar surface area (TPSA) is 64.7 Å². The molecule has 0 saturated heterocycles. The average Bonchev–Trinajstić information content (AvgIpc) is 3.11. The molecule has 0 saturated carbocycles. The third-order valence-corrected chi connectivity index (χ3v) is 4.20. The van der Waals surface area contributed by atoms with Crippen LogP contribution in [-0.4, -0.2) is 25.5 Å². The van der Waals surface area contributed by atoms with Crippen molar-refractivity contribution in [2.45, 2.75) is 39.7 Å². The number of carbonyl (C=O) groups excluding carboxylic acids is 1. The molecule has 6 heteroatoms. The van der Waals surface area contributed by atoms with Crippen LogP contribution in [0.15, 0.2) is 42.5 Å². The molecule has 2 heterocycles. The van der Waals surface area contributed by atoms with E-state index >= 15 is 0 Å². The fourth-order valence-electron chi connectivity index (χ4n) is 2.75. The summed E-state index contributed by atoms with van der Waals surface area (Å²) in [6, 6.07) is 13.8. The molecule has 0 radical (unpaired) electrons. The van der Waals surface area contributed by atoms with Crippen molar-refractivity contribution in [1.82, 2.24) is 19.6 Å². The summed E-state index contributed by atoms with van der Waals surface area (Å²) >= 11 is 0. The molecule has 0 spiro atoms. The van der Waals surface area contributed by atoms with Gasteiger partial charge in [-0.2, -0.15) is 10.2 Å². The molecular formula is C20H25N5O. The molecule has 6 nitrogen and oxygen atoms in total. The molecule has 1 N–H and O–H groups in total. The second-order valence-electron chi connectivity index (χ2n) is 7.56. The van der Waals surface area contributed by atoms with Crippen molar-refractivity contribution in [2.75, 3.05) is 5.32 Å². The lowest BCUT2D eigenvalue weighted by Crippen LogP contribution is -2.19. The lowest BCUT2D eigenvalue weighted by atomic mass is 9.92. The summed E-state index contributed by atoms with van der Waals surface area (Å²) in [7, 11) is 1.79. The molecule has 1 amide bonds. The van der Waals surface area contributed by atoms with E-state index in [4.69, 9.17) is 0 Å².